The summed E-state index contributed by atoms with van der Waals surface area (Å²) in [4.78, 5) is 8.71. The number of nitrogens with zero attached hydrogens (tertiary/aromatic N) is 3. The number of unbranched alkanes of at least 4 members (excludes halogenated alkanes) is 2. The Hall–Kier alpha value is -1.78. The van der Waals surface area contributed by atoms with E-state index in [0.717, 1.165) is 24.4 Å². The molecular weight excluding hydrogens is 228 g/mol. The van der Waals surface area contributed by atoms with E-state index in [1.165, 1.54) is 12.8 Å². The van der Waals surface area contributed by atoms with Gasteiger partial charge >= 0.3 is 0 Å². The van der Waals surface area contributed by atoms with Crippen molar-refractivity contribution in [1.29, 1.82) is 0 Å². The van der Waals surface area contributed by atoms with Crippen LogP contribution in [0, 0.1) is 0 Å². The van der Waals surface area contributed by atoms with Gasteiger partial charge in [-0.05, 0) is 13.3 Å². The third-order valence-corrected chi connectivity index (χ3v) is 2.69. The molecule has 98 valence electrons. The van der Waals surface area contributed by atoms with Gasteiger partial charge in [-0.3, -0.25) is 4.40 Å². The number of nitrogens with one attached hydrogen (secondary N) is 1. The Balaban J connectivity index is 2.15. The molecule has 1 N–H and O–H groups in total. The maximum atomic E-state index is 5.73. The minimum Gasteiger partial charge on any atom is -0.475 e. The Labute approximate surface area is 107 Å². The predicted molar refractivity (Wildman–Crippen MR) is 72.2 cm³/mol. The minimum atomic E-state index is 0.606. The molecule has 0 unspecified atom stereocenters. The normalized spacial score (nSPS) is 10.8. The molecule has 0 bridgehead atoms. The van der Waals surface area contributed by atoms with Crippen molar-refractivity contribution in [2.75, 3.05) is 18.5 Å². The molecule has 0 aliphatic heterocycles. The second-order valence-corrected chi connectivity index (χ2v) is 4.18. The van der Waals surface area contributed by atoms with E-state index in [1.54, 1.807) is 6.20 Å². The lowest BCUT2D eigenvalue weighted by Crippen LogP contribution is -2.06. The predicted octanol–water partition coefficient (Wildman–Crippen LogP) is 2.73. The number of anilines is 1. The van der Waals surface area contributed by atoms with E-state index < -0.39 is 0 Å². The van der Waals surface area contributed by atoms with Gasteiger partial charge in [0.15, 0.2) is 0 Å². The summed E-state index contributed by atoms with van der Waals surface area (Å²) in [6.45, 7) is 5.75. The Morgan fingerprint density at radius 1 is 1.33 bits per heavy atom. The average Bonchev–Trinajstić information content (AvgIpc) is 2.83. The lowest BCUT2D eigenvalue weighted by molar-refractivity contribution is 0.297. The second-order valence-electron chi connectivity index (χ2n) is 4.18. The summed E-state index contributed by atoms with van der Waals surface area (Å²) in [6.07, 6.45) is 8.99. The van der Waals surface area contributed by atoms with Crippen molar-refractivity contribution in [2.24, 2.45) is 0 Å². The van der Waals surface area contributed by atoms with E-state index in [2.05, 4.69) is 22.2 Å². The molecule has 2 aromatic rings. The highest BCUT2D eigenvalue weighted by Gasteiger charge is 2.08. The van der Waals surface area contributed by atoms with Crippen molar-refractivity contribution < 1.29 is 4.74 Å². The maximum Gasteiger partial charge on any atom is 0.260 e. The second kappa shape index (κ2) is 6.23. The van der Waals surface area contributed by atoms with Crippen molar-refractivity contribution in [2.45, 2.75) is 33.1 Å². The molecule has 0 saturated carbocycles. The lowest BCUT2D eigenvalue weighted by Gasteiger charge is -2.09. The number of hydrogen-bond acceptors (Lipinski definition) is 4. The van der Waals surface area contributed by atoms with Crippen LogP contribution in [0.3, 0.4) is 0 Å². The fraction of sp³-hybridized carbons (Fsp3) is 0.538. The van der Waals surface area contributed by atoms with E-state index in [1.807, 2.05) is 23.7 Å². The molecule has 2 rings (SSSR count). The van der Waals surface area contributed by atoms with E-state index >= 15 is 0 Å². The Bertz CT molecular complexity index is 495. The van der Waals surface area contributed by atoms with Gasteiger partial charge in [0.2, 0.25) is 5.65 Å². The summed E-state index contributed by atoms with van der Waals surface area (Å²) in [6, 6.07) is 0. The molecule has 0 atom stereocenters. The van der Waals surface area contributed by atoms with Crippen LogP contribution >= 0.6 is 0 Å². The van der Waals surface area contributed by atoms with Crippen LogP contribution in [0.2, 0.25) is 0 Å². The Kier molecular flexibility index (Phi) is 4.39. The molecular formula is C13H20N4O. The van der Waals surface area contributed by atoms with Gasteiger partial charge < -0.3 is 10.1 Å². The number of fused-ring (bicyclic) bond motifs is 1. The monoisotopic (exact) mass is 248 g/mol. The summed E-state index contributed by atoms with van der Waals surface area (Å²) in [5.41, 5.74) is 0.771. The summed E-state index contributed by atoms with van der Waals surface area (Å²) in [5.74, 6) is 1.42. The van der Waals surface area contributed by atoms with Gasteiger partial charge in [-0.25, -0.2) is 4.98 Å². The number of hydrogen-bond donors (Lipinski definition) is 1. The van der Waals surface area contributed by atoms with E-state index in [-0.39, 0.29) is 0 Å². The molecule has 2 heterocycles. The van der Waals surface area contributed by atoms with Crippen molar-refractivity contribution in [3.8, 4) is 5.88 Å². The van der Waals surface area contributed by atoms with Gasteiger partial charge in [-0.15, -0.1) is 0 Å². The molecule has 0 aliphatic rings. The largest absolute Gasteiger partial charge is 0.475 e. The highest BCUT2D eigenvalue weighted by atomic mass is 16.5. The van der Waals surface area contributed by atoms with Gasteiger partial charge in [0.05, 0.1) is 12.8 Å². The molecule has 0 aliphatic carbocycles. The zero-order chi connectivity index (χ0) is 12.8. The first-order valence-corrected chi connectivity index (χ1v) is 6.55. The lowest BCUT2D eigenvalue weighted by atomic mass is 10.3. The molecule has 0 radical (unpaired) electrons. The van der Waals surface area contributed by atoms with Crippen molar-refractivity contribution in [3.63, 3.8) is 0 Å². The molecule has 0 spiro atoms. The van der Waals surface area contributed by atoms with Crippen LogP contribution in [0.5, 0.6) is 5.88 Å². The van der Waals surface area contributed by atoms with Crippen molar-refractivity contribution in [1.82, 2.24) is 14.4 Å². The zero-order valence-electron chi connectivity index (χ0n) is 11.0. The van der Waals surface area contributed by atoms with Crippen molar-refractivity contribution in [3.05, 3.63) is 18.6 Å². The summed E-state index contributed by atoms with van der Waals surface area (Å²) in [7, 11) is 0. The minimum absolute atomic E-state index is 0.606. The molecule has 0 saturated heterocycles. The molecule has 18 heavy (non-hydrogen) atoms. The van der Waals surface area contributed by atoms with Gasteiger partial charge in [0.25, 0.3) is 5.88 Å². The van der Waals surface area contributed by atoms with Crippen LogP contribution in [0.4, 0.5) is 5.82 Å². The summed E-state index contributed by atoms with van der Waals surface area (Å²) in [5, 5.41) is 3.19. The Morgan fingerprint density at radius 3 is 3.00 bits per heavy atom. The standard InChI is InChI=1S/C13H20N4O/c1-3-5-6-9-18-13-12-15-7-8-17(12)10-11(16-13)14-4-2/h7-8,10,14H,3-6,9H2,1-2H3. The smallest absolute Gasteiger partial charge is 0.260 e. The zero-order valence-corrected chi connectivity index (χ0v) is 11.0. The van der Waals surface area contributed by atoms with Gasteiger partial charge in [-0.1, -0.05) is 19.8 Å². The molecule has 0 aromatic carbocycles. The molecule has 5 heteroatoms. The molecule has 2 aromatic heterocycles. The van der Waals surface area contributed by atoms with Gasteiger partial charge in [0, 0.05) is 18.9 Å². The summed E-state index contributed by atoms with van der Waals surface area (Å²) < 4.78 is 7.66. The first-order valence-electron chi connectivity index (χ1n) is 6.55. The van der Waals surface area contributed by atoms with Gasteiger partial charge in [0.1, 0.15) is 5.82 Å². The average molecular weight is 248 g/mol. The number of imidazole rings is 1. The fourth-order valence-electron chi connectivity index (χ4n) is 1.79. The maximum absolute atomic E-state index is 5.73. The van der Waals surface area contributed by atoms with Gasteiger partial charge in [-0.2, -0.15) is 4.98 Å². The number of rotatable bonds is 7. The molecule has 0 fully saturated rings. The van der Waals surface area contributed by atoms with Crippen LogP contribution in [-0.2, 0) is 0 Å². The van der Waals surface area contributed by atoms with Crippen molar-refractivity contribution >= 4 is 11.5 Å². The third-order valence-electron chi connectivity index (χ3n) is 2.69. The van der Waals surface area contributed by atoms with Crippen LogP contribution in [-0.4, -0.2) is 27.5 Å². The third kappa shape index (κ3) is 2.91. The van der Waals surface area contributed by atoms with Crippen LogP contribution in [0.15, 0.2) is 18.6 Å². The highest BCUT2D eigenvalue weighted by Crippen LogP contribution is 2.18. The molecule has 5 nitrogen and oxygen atoms in total. The summed E-state index contributed by atoms with van der Waals surface area (Å²) >= 11 is 0. The molecule has 0 amide bonds. The first-order chi connectivity index (χ1) is 8.85. The topological polar surface area (TPSA) is 51.5 Å². The SMILES string of the molecule is CCCCCOc1nc(NCC)cn2ccnc12. The highest BCUT2D eigenvalue weighted by molar-refractivity contribution is 5.53. The number of aromatic nitrogens is 3. The quantitative estimate of drug-likeness (QED) is 0.765. The van der Waals surface area contributed by atoms with Crippen LogP contribution in [0.25, 0.3) is 5.65 Å². The van der Waals surface area contributed by atoms with E-state index in [9.17, 15) is 0 Å². The first kappa shape index (κ1) is 12.7. The van der Waals surface area contributed by atoms with Crippen LogP contribution < -0.4 is 10.1 Å². The van der Waals surface area contributed by atoms with E-state index in [4.69, 9.17) is 4.74 Å². The van der Waals surface area contributed by atoms with E-state index in [0.29, 0.717) is 12.5 Å². The fourth-order valence-corrected chi connectivity index (χ4v) is 1.79. The number of ether oxygens (including phenoxy) is 1. The Morgan fingerprint density at radius 2 is 2.22 bits per heavy atom. The van der Waals surface area contributed by atoms with Crippen LogP contribution in [0.1, 0.15) is 33.1 Å².